The molecule has 2 amide bonds. The van der Waals surface area contributed by atoms with Crippen molar-refractivity contribution in [1.82, 2.24) is 9.80 Å². The SMILES string of the molecule is C[C@@]12C=CCCOC(=O)[C@@H]1[C@H]1C(=O)N(CCCCCCO)C3C(=O)N(Cc4ccccc4)CC=C[C@@]31S2. The van der Waals surface area contributed by atoms with Crippen LogP contribution in [0.5, 0.6) is 0 Å². The highest BCUT2D eigenvalue weighted by Crippen LogP contribution is 2.65. The number of benzene rings is 1. The van der Waals surface area contributed by atoms with Crippen LogP contribution in [-0.4, -0.2) is 74.5 Å². The zero-order chi connectivity index (χ0) is 26.0. The van der Waals surface area contributed by atoms with E-state index in [9.17, 15) is 14.4 Å². The maximum absolute atomic E-state index is 14.3. The number of aliphatic hydroxyl groups excluding tert-OH is 1. The summed E-state index contributed by atoms with van der Waals surface area (Å²) in [4.78, 5) is 45.4. The Labute approximate surface area is 222 Å². The first-order valence-electron chi connectivity index (χ1n) is 13.4. The third-order valence-electron chi connectivity index (χ3n) is 8.13. The Morgan fingerprint density at radius 1 is 1.00 bits per heavy atom. The van der Waals surface area contributed by atoms with Crippen LogP contribution in [0.4, 0.5) is 0 Å². The Balaban J connectivity index is 1.52. The Morgan fingerprint density at radius 2 is 1.78 bits per heavy atom. The van der Waals surface area contributed by atoms with Gasteiger partial charge in [-0.25, -0.2) is 0 Å². The highest BCUT2D eigenvalue weighted by Gasteiger charge is 2.73. The smallest absolute Gasteiger partial charge is 0.311 e. The summed E-state index contributed by atoms with van der Waals surface area (Å²) in [6.07, 6.45) is 12.0. The molecular weight excluding hydrogens is 488 g/mol. The molecule has 1 unspecified atom stereocenters. The second-order valence-electron chi connectivity index (χ2n) is 10.6. The fourth-order valence-electron chi connectivity index (χ4n) is 6.47. The number of rotatable bonds is 8. The molecule has 5 atom stereocenters. The Hall–Kier alpha value is -2.58. The molecule has 4 aliphatic heterocycles. The lowest BCUT2D eigenvalue weighted by atomic mass is 9.74. The molecule has 198 valence electrons. The number of unbranched alkanes of at least 4 members (excludes halogenated alkanes) is 3. The van der Waals surface area contributed by atoms with Crippen molar-refractivity contribution in [3.05, 3.63) is 60.2 Å². The van der Waals surface area contributed by atoms with E-state index in [1.807, 2.05) is 54.3 Å². The minimum absolute atomic E-state index is 0.0669. The summed E-state index contributed by atoms with van der Waals surface area (Å²) < 4.78 is 4.12. The molecule has 4 aliphatic rings. The summed E-state index contributed by atoms with van der Waals surface area (Å²) in [5.74, 6) is -1.84. The molecule has 0 aromatic heterocycles. The number of nitrogens with zero attached hydrogens (tertiary/aromatic N) is 2. The van der Waals surface area contributed by atoms with Crippen LogP contribution in [0.15, 0.2) is 54.6 Å². The van der Waals surface area contributed by atoms with Crippen LogP contribution in [0.25, 0.3) is 0 Å². The zero-order valence-corrected chi connectivity index (χ0v) is 22.2. The number of aliphatic hydroxyl groups is 1. The van der Waals surface area contributed by atoms with Crippen LogP contribution in [-0.2, 0) is 25.7 Å². The number of hydrogen-bond donors (Lipinski definition) is 1. The average Bonchev–Trinajstić information content (AvgIpc) is 3.20. The number of thioether (sulfide) groups is 1. The van der Waals surface area contributed by atoms with Crippen LogP contribution in [0.2, 0.25) is 0 Å². The Morgan fingerprint density at radius 3 is 2.57 bits per heavy atom. The molecule has 2 fully saturated rings. The van der Waals surface area contributed by atoms with Crippen molar-refractivity contribution in [2.24, 2.45) is 11.8 Å². The second-order valence-corrected chi connectivity index (χ2v) is 12.4. The number of ether oxygens (including phenoxy) is 1. The van der Waals surface area contributed by atoms with Gasteiger partial charge in [-0.15, -0.1) is 11.8 Å². The molecule has 2 saturated heterocycles. The van der Waals surface area contributed by atoms with Gasteiger partial charge >= 0.3 is 5.97 Å². The van der Waals surface area contributed by atoms with E-state index < -0.39 is 27.4 Å². The average molecular weight is 525 g/mol. The molecule has 4 heterocycles. The fourth-order valence-corrected chi connectivity index (χ4v) is 8.62. The van der Waals surface area contributed by atoms with E-state index in [1.54, 1.807) is 16.7 Å². The van der Waals surface area contributed by atoms with E-state index in [1.165, 1.54) is 0 Å². The van der Waals surface area contributed by atoms with E-state index in [0.717, 1.165) is 31.2 Å². The third-order valence-corrected chi connectivity index (χ3v) is 9.92. The molecular formula is C29H36N2O5S. The molecule has 8 heteroatoms. The molecule has 0 bridgehead atoms. The maximum atomic E-state index is 14.3. The van der Waals surface area contributed by atoms with Crippen molar-refractivity contribution >= 4 is 29.5 Å². The zero-order valence-electron chi connectivity index (χ0n) is 21.4. The van der Waals surface area contributed by atoms with E-state index in [4.69, 9.17) is 9.84 Å². The van der Waals surface area contributed by atoms with Crippen molar-refractivity contribution in [3.63, 3.8) is 0 Å². The van der Waals surface area contributed by atoms with E-state index in [2.05, 4.69) is 12.2 Å². The first-order valence-corrected chi connectivity index (χ1v) is 14.2. The quantitative estimate of drug-likeness (QED) is 0.319. The van der Waals surface area contributed by atoms with Crippen molar-refractivity contribution in [2.75, 3.05) is 26.3 Å². The molecule has 1 N–H and O–H groups in total. The molecule has 0 saturated carbocycles. The van der Waals surface area contributed by atoms with Crippen molar-refractivity contribution in [1.29, 1.82) is 0 Å². The number of hydrogen-bond acceptors (Lipinski definition) is 6. The standard InChI is InChI=1S/C29H36N2O5S/c1-28-14-7-10-19-36-27(35)23(28)22-25(33)31(17-8-2-3-9-18-32)24-26(34)30(16-11-15-29(22,24)37-28)20-21-12-5-4-6-13-21/h4-7,11-15,22-24,32H,2-3,8-10,16-20H2,1H3/t22-,23-,24?,28+,29-/m0/s1. The van der Waals surface area contributed by atoms with Crippen LogP contribution < -0.4 is 0 Å². The van der Waals surface area contributed by atoms with Crippen LogP contribution >= 0.6 is 11.8 Å². The lowest BCUT2D eigenvalue weighted by molar-refractivity contribution is -0.154. The largest absolute Gasteiger partial charge is 0.465 e. The van der Waals surface area contributed by atoms with Crippen LogP contribution in [0.3, 0.4) is 0 Å². The first-order chi connectivity index (χ1) is 17.9. The third kappa shape index (κ3) is 4.63. The van der Waals surface area contributed by atoms with Gasteiger partial charge < -0.3 is 19.6 Å². The van der Waals surface area contributed by atoms with Gasteiger partial charge in [0.15, 0.2) is 0 Å². The summed E-state index contributed by atoms with van der Waals surface area (Å²) >= 11 is 1.59. The summed E-state index contributed by atoms with van der Waals surface area (Å²) in [5.41, 5.74) is 1.04. The van der Waals surface area contributed by atoms with Crippen molar-refractivity contribution in [2.45, 2.75) is 61.1 Å². The number of esters is 1. The van der Waals surface area contributed by atoms with Crippen molar-refractivity contribution < 1.29 is 24.2 Å². The fraction of sp³-hybridized carbons (Fsp3) is 0.552. The van der Waals surface area contributed by atoms with E-state index in [-0.39, 0.29) is 24.4 Å². The normalized spacial score (nSPS) is 32.9. The maximum Gasteiger partial charge on any atom is 0.311 e. The second kappa shape index (κ2) is 10.7. The van der Waals surface area contributed by atoms with Gasteiger partial charge in [0.1, 0.15) is 6.04 Å². The number of cyclic esters (lactones) is 1. The van der Waals surface area contributed by atoms with E-state index in [0.29, 0.717) is 32.7 Å². The summed E-state index contributed by atoms with van der Waals surface area (Å²) in [6, 6.07) is 9.22. The lowest BCUT2D eigenvalue weighted by Gasteiger charge is -2.37. The minimum Gasteiger partial charge on any atom is -0.465 e. The monoisotopic (exact) mass is 524 g/mol. The Kier molecular flexibility index (Phi) is 7.50. The molecule has 5 rings (SSSR count). The number of fused-ring (bicyclic) bond motifs is 2. The lowest BCUT2D eigenvalue weighted by Crippen LogP contribution is -2.53. The van der Waals surface area contributed by atoms with Crippen LogP contribution in [0.1, 0.15) is 44.6 Å². The van der Waals surface area contributed by atoms with Gasteiger partial charge in [0, 0.05) is 31.0 Å². The summed E-state index contributed by atoms with van der Waals surface area (Å²) in [5, 5.41) is 9.13. The van der Waals surface area contributed by atoms with Gasteiger partial charge in [-0.1, -0.05) is 67.5 Å². The Bertz CT molecular complexity index is 1090. The van der Waals surface area contributed by atoms with E-state index >= 15 is 0 Å². The van der Waals surface area contributed by atoms with Gasteiger partial charge in [0.2, 0.25) is 11.8 Å². The number of carbonyl (C=O) groups is 3. The molecule has 1 aromatic carbocycles. The molecule has 7 nitrogen and oxygen atoms in total. The summed E-state index contributed by atoms with van der Waals surface area (Å²) in [6.45, 7) is 3.85. The predicted octanol–water partition coefficient (Wildman–Crippen LogP) is 3.33. The highest BCUT2D eigenvalue weighted by molar-refractivity contribution is 8.02. The topological polar surface area (TPSA) is 87.1 Å². The van der Waals surface area contributed by atoms with Gasteiger partial charge in [-0.3, -0.25) is 14.4 Å². The van der Waals surface area contributed by atoms with Crippen LogP contribution in [0, 0.1) is 11.8 Å². The molecule has 0 radical (unpaired) electrons. The van der Waals surface area contributed by atoms with Gasteiger partial charge in [0.05, 0.1) is 23.2 Å². The molecule has 0 aliphatic carbocycles. The van der Waals surface area contributed by atoms with Gasteiger partial charge in [-0.05, 0) is 31.7 Å². The number of likely N-dealkylation sites (tertiary alicyclic amines) is 1. The highest BCUT2D eigenvalue weighted by atomic mass is 32.2. The molecule has 37 heavy (non-hydrogen) atoms. The van der Waals surface area contributed by atoms with Crippen molar-refractivity contribution in [3.8, 4) is 0 Å². The number of carbonyl (C=O) groups excluding carboxylic acids is 3. The van der Waals surface area contributed by atoms with Gasteiger partial charge in [0.25, 0.3) is 0 Å². The number of amides is 2. The predicted molar refractivity (Wildman–Crippen MR) is 142 cm³/mol. The molecule has 1 spiro atoms. The first kappa shape index (κ1) is 26.0. The van der Waals surface area contributed by atoms with Gasteiger partial charge in [-0.2, -0.15) is 0 Å². The minimum atomic E-state index is -0.835. The summed E-state index contributed by atoms with van der Waals surface area (Å²) in [7, 11) is 0. The molecule has 1 aromatic rings.